The van der Waals surface area contributed by atoms with Crippen molar-refractivity contribution in [3.05, 3.63) is 59.7 Å². The first-order valence-corrected chi connectivity index (χ1v) is 8.92. The number of aliphatic hydroxyl groups is 1. The lowest BCUT2D eigenvalue weighted by Gasteiger charge is -2.11. The van der Waals surface area contributed by atoms with Crippen molar-refractivity contribution < 1.29 is 18.3 Å². The molecule has 2 aromatic carbocycles. The highest BCUT2D eigenvalue weighted by atomic mass is 32.2. The topological polar surface area (TPSA) is 95.5 Å². The van der Waals surface area contributed by atoms with Gasteiger partial charge in [-0.15, -0.1) is 0 Å². The maximum atomic E-state index is 12.4. The highest BCUT2D eigenvalue weighted by molar-refractivity contribution is 7.92. The molecule has 0 aliphatic carbocycles. The van der Waals surface area contributed by atoms with Crippen molar-refractivity contribution in [2.75, 3.05) is 11.3 Å². The summed E-state index contributed by atoms with van der Waals surface area (Å²) in [5.41, 5.74) is 1.65. The van der Waals surface area contributed by atoms with Crippen LogP contribution in [0.4, 0.5) is 5.69 Å². The number of hydrogen-bond donors (Lipinski definition) is 3. The number of hydrogen-bond acceptors (Lipinski definition) is 4. The van der Waals surface area contributed by atoms with Gasteiger partial charge in [-0.05, 0) is 49.7 Å². The average Bonchev–Trinajstić information content (AvgIpc) is 2.54. The maximum absolute atomic E-state index is 12.4. The molecule has 0 aliphatic rings. The number of aryl methyl sites for hydroxylation is 1. The number of aliphatic hydroxyl groups excluding tert-OH is 1. The Morgan fingerprint density at radius 1 is 1.12 bits per heavy atom. The third kappa shape index (κ3) is 4.56. The Balaban J connectivity index is 2.14. The van der Waals surface area contributed by atoms with Gasteiger partial charge in [0, 0.05) is 12.1 Å². The predicted molar refractivity (Wildman–Crippen MR) is 92.4 cm³/mol. The summed E-state index contributed by atoms with van der Waals surface area (Å²) < 4.78 is 27.3. The Morgan fingerprint density at radius 3 is 2.33 bits per heavy atom. The molecule has 0 bridgehead atoms. The second-order valence-electron chi connectivity index (χ2n) is 5.50. The van der Waals surface area contributed by atoms with Gasteiger partial charge in [0.1, 0.15) is 0 Å². The van der Waals surface area contributed by atoms with Gasteiger partial charge in [-0.1, -0.05) is 18.2 Å². The van der Waals surface area contributed by atoms with Crippen LogP contribution in [0.15, 0.2) is 53.4 Å². The molecule has 0 radical (unpaired) electrons. The lowest BCUT2D eigenvalue weighted by atomic mass is 10.2. The van der Waals surface area contributed by atoms with Gasteiger partial charge in [-0.2, -0.15) is 0 Å². The van der Waals surface area contributed by atoms with Crippen molar-refractivity contribution in [1.82, 2.24) is 5.32 Å². The first-order valence-electron chi connectivity index (χ1n) is 7.44. The van der Waals surface area contributed by atoms with Crippen LogP contribution in [0, 0.1) is 6.92 Å². The molecule has 0 heterocycles. The van der Waals surface area contributed by atoms with Crippen LogP contribution in [0.1, 0.15) is 22.8 Å². The molecular weight excluding hydrogens is 328 g/mol. The number of rotatable bonds is 6. The van der Waals surface area contributed by atoms with Gasteiger partial charge in [0.2, 0.25) is 0 Å². The molecule has 0 aliphatic heterocycles. The highest BCUT2D eigenvalue weighted by Gasteiger charge is 2.16. The number of amides is 1. The van der Waals surface area contributed by atoms with E-state index in [0.717, 1.165) is 5.56 Å². The number of anilines is 1. The maximum Gasteiger partial charge on any atom is 0.261 e. The van der Waals surface area contributed by atoms with Gasteiger partial charge in [-0.25, -0.2) is 8.42 Å². The summed E-state index contributed by atoms with van der Waals surface area (Å²) in [6.07, 6.45) is -0.646. The fraction of sp³-hybridized carbons (Fsp3) is 0.235. The average molecular weight is 348 g/mol. The lowest BCUT2D eigenvalue weighted by Crippen LogP contribution is -2.30. The number of carbonyl (C=O) groups is 1. The van der Waals surface area contributed by atoms with Crippen LogP contribution in [0.5, 0.6) is 0 Å². The third-order valence-corrected chi connectivity index (χ3v) is 4.76. The van der Waals surface area contributed by atoms with Crippen LogP contribution in [0.3, 0.4) is 0 Å². The summed E-state index contributed by atoms with van der Waals surface area (Å²) in [5.74, 6) is -0.369. The minimum Gasteiger partial charge on any atom is -0.392 e. The molecule has 2 rings (SSSR count). The number of benzene rings is 2. The summed E-state index contributed by atoms with van der Waals surface area (Å²) in [6.45, 7) is 3.51. The summed E-state index contributed by atoms with van der Waals surface area (Å²) in [6, 6.07) is 12.7. The molecular formula is C17H20N2O4S. The van der Waals surface area contributed by atoms with Crippen LogP contribution in [0.2, 0.25) is 0 Å². The lowest BCUT2D eigenvalue weighted by molar-refractivity contribution is 0.0924. The Hall–Kier alpha value is -2.38. The molecule has 3 N–H and O–H groups in total. The molecule has 6 nitrogen and oxygen atoms in total. The van der Waals surface area contributed by atoms with Gasteiger partial charge in [-0.3, -0.25) is 9.52 Å². The molecule has 24 heavy (non-hydrogen) atoms. The molecule has 0 saturated heterocycles. The minimum absolute atomic E-state index is 0.0674. The fourth-order valence-corrected chi connectivity index (χ4v) is 3.15. The first kappa shape index (κ1) is 18.0. The largest absolute Gasteiger partial charge is 0.392 e. The van der Waals surface area contributed by atoms with Gasteiger partial charge in [0.05, 0.1) is 16.7 Å². The molecule has 1 amide bonds. The molecule has 0 fully saturated rings. The van der Waals surface area contributed by atoms with E-state index in [0.29, 0.717) is 11.3 Å². The van der Waals surface area contributed by atoms with Crippen molar-refractivity contribution in [3.63, 3.8) is 0 Å². The number of carbonyl (C=O) groups excluding carboxylic acids is 1. The SMILES string of the molecule is Cc1ccccc1NS(=O)(=O)c1ccc(C(=O)NCC(C)O)cc1. The first-order chi connectivity index (χ1) is 11.3. The van der Waals surface area contributed by atoms with Gasteiger partial charge >= 0.3 is 0 Å². The zero-order valence-corrected chi connectivity index (χ0v) is 14.3. The predicted octanol–water partition coefficient (Wildman–Crippen LogP) is 1.91. The molecule has 0 spiro atoms. The third-order valence-electron chi connectivity index (χ3n) is 3.37. The Bertz CT molecular complexity index is 815. The van der Waals surface area contributed by atoms with E-state index in [1.165, 1.54) is 24.3 Å². The molecule has 128 valence electrons. The van der Waals surface area contributed by atoms with Crippen molar-refractivity contribution in [2.45, 2.75) is 24.8 Å². The Morgan fingerprint density at radius 2 is 1.75 bits per heavy atom. The van der Waals surface area contributed by atoms with Crippen molar-refractivity contribution in [1.29, 1.82) is 0 Å². The molecule has 0 aromatic heterocycles. The standard InChI is InChI=1S/C17H20N2O4S/c1-12-5-3-4-6-16(12)19-24(22,23)15-9-7-14(8-10-15)17(21)18-11-13(2)20/h3-10,13,19-20H,11H2,1-2H3,(H,18,21). The van der Waals surface area contributed by atoms with E-state index in [2.05, 4.69) is 10.0 Å². The van der Waals surface area contributed by atoms with Crippen molar-refractivity contribution in [3.8, 4) is 0 Å². The summed E-state index contributed by atoms with van der Waals surface area (Å²) >= 11 is 0. The van der Waals surface area contributed by atoms with Gasteiger partial charge in [0.25, 0.3) is 15.9 Å². The summed E-state index contributed by atoms with van der Waals surface area (Å²) in [5, 5.41) is 11.7. The molecule has 1 unspecified atom stereocenters. The fourth-order valence-electron chi connectivity index (χ4n) is 2.02. The summed E-state index contributed by atoms with van der Waals surface area (Å²) in [4.78, 5) is 11.9. The van der Waals surface area contributed by atoms with E-state index in [4.69, 9.17) is 5.11 Å². The summed E-state index contributed by atoms with van der Waals surface area (Å²) in [7, 11) is -3.73. The van der Waals surface area contributed by atoms with Gasteiger partial charge < -0.3 is 10.4 Å². The van der Waals surface area contributed by atoms with E-state index in [1.54, 1.807) is 19.1 Å². The van der Waals surface area contributed by atoms with Crippen LogP contribution >= 0.6 is 0 Å². The highest BCUT2D eigenvalue weighted by Crippen LogP contribution is 2.19. The smallest absolute Gasteiger partial charge is 0.261 e. The molecule has 7 heteroatoms. The molecule has 1 atom stereocenters. The van der Waals surface area contributed by atoms with Crippen molar-refractivity contribution in [2.24, 2.45) is 0 Å². The Labute approximate surface area is 141 Å². The van der Waals surface area contributed by atoms with Crippen molar-refractivity contribution >= 4 is 21.6 Å². The van der Waals surface area contributed by atoms with E-state index in [1.807, 2.05) is 19.1 Å². The van der Waals surface area contributed by atoms with E-state index in [9.17, 15) is 13.2 Å². The minimum atomic E-state index is -3.73. The zero-order valence-electron chi connectivity index (χ0n) is 13.5. The Kier molecular flexibility index (Phi) is 5.58. The second kappa shape index (κ2) is 7.46. The van der Waals surface area contributed by atoms with Crippen LogP contribution in [-0.2, 0) is 10.0 Å². The van der Waals surface area contributed by atoms with E-state index >= 15 is 0 Å². The van der Waals surface area contributed by atoms with Gasteiger partial charge in [0.15, 0.2) is 0 Å². The monoisotopic (exact) mass is 348 g/mol. The second-order valence-corrected chi connectivity index (χ2v) is 7.19. The number of nitrogens with one attached hydrogen (secondary N) is 2. The van der Waals surface area contributed by atoms with E-state index in [-0.39, 0.29) is 17.3 Å². The molecule has 0 saturated carbocycles. The van der Waals surface area contributed by atoms with Crippen LogP contribution < -0.4 is 10.0 Å². The molecule has 2 aromatic rings. The zero-order chi connectivity index (χ0) is 17.7. The van der Waals surface area contributed by atoms with Crippen LogP contribution in [-0.4, -0.2) is 32.1 Å². The quantitative estimate of drug-likeness (QED) is 0.743. The van der Waals surface area contributed by atoms with Crippen LogP contribution in [0.25, 0.3) is 0 Å². The number of sulfonamides is 1. The normalized spacial score (nSPS) is 12.5. The van der Waals surface area contributed by atoms with E-state index < -0.39 is 16.1 Å². The number of para-hydroxylation sites is 1.